The number of hydrogen-bond acceptors (Lipinski definition) is 4. The van der Waals surface area contributed by atoms with Gasteiger partial charge in [-0.15, -0.1) is 11.3 Å². The van der Waals surface area contributed by atoms with Crippen molar-refractivity contribution in [3.05, 3.63) is 10.6 Å². The summed E-state index contributed by atoms with van der Waals surface area (Å²) in [4.78, 5) is 31.6. The van der Waals surface area contributed by atoms with Gasteiger partial charge >= 0.3 is 0 Å². The average Bonchev–Trinajstić information content (AvgIpc) is 3.13. The van der Waals surface area contributed by atoms with Crippen molar-refractivity contribution in [1.29, 1.82) is 0 Å². The molecule has 1 N–H and O–H groups in total. The highest BCUT2D eigenvalue weighted by Crippen LogP contribution is 2.60. The number of rotatable bonds is 2. The van der Waals surface area contributed by atoms with Gasteiger partial charge in [-0.25, -0.2) is 4.98 Å². The van der Waals surface area contributed by atoms with E-state index in [1.807, 2.05) is 13.8 Å². The van der Waals surface area contributed by atoms with Crippen LogP contribution in [-0.4, -0.2) is 16.7 Å². The van der Waals surface area contributed by atoms with Crippen molar-refractivity contribution in [2.24, 2.45) is 22.7 Å². The molecule has 5 heteroatoms. The van der Waals surface area contributed by atoms with Crippen LogP contribution in [0.2, 0.25) is 0 Å². The highest BCUT2D eigenvalue weighted by Gasteiger charge is 2.65. The number of ketones is 1. The highest BCUT2D eigenvalue weighted by atomic mass is 32.1. The van der Waals surface area contributed by atoms with Gasteiger partial charge < -0.3 is 5.32 Å². The zero-order valence-electron chi connectivity index (χ0n) is 14.1. The molecule has 2 saturated carbocycles. The Morgan fingerprint density at radius 3 is 2.83 bits per heavy atom. The molecule has 3 atom stereocenters. The zero-order chi connectivity index (χ0) is 16.4. The minimum Gasteiger partial charge on any atom is -0.301 e. The van der Waals surface area contributed by atoms with E-state index in [0.29, 0.717) is 29.8 Å². The minimum absolute atomic E-state index is 0.116. The zero-order valence-corrected chi connectivity index (χ0v) is 14.9. The molecule has 0 saturated heterocycles. The molecule has 1 amide bonds. The van der Waals surface area contributed by atoms with Gasteiger partial charge in [0, 0.05) is 10.3 Å². The molecule has 124 valence electrons. The second-order valence-electron chi connectivity index (χ2n) is 8.26. The second-order valence-corrected chi connectivity index (χ2v) is 9.35. The van der Waals surface area contributed by atoms with Gasteiger partial charge in [0.25, 0.3) is 0 Å². The Morgan fingerprint density at radius 2 is 2.13 bits per heavy atom. The van der Waals surface area contributed by atoms with Crippen LogP contribution in [-0.2, 0) is 22.4 Å². The molecular weight excluding hydrogens is 308 g/mol. The van der Waals surface area contributed by atoms with E-state index in [1.165, 1.54) is 11.3 Å². The number of carbonyl (C=O) groups is 2. The minimum atomic E-state index is -0.798. The SMILES string of the molecule is CC1CCc2nc(NC(=O)C34CCC(C3)C(C)(C)C4=O)sc2C1. The summed E-state index contributed by atoms with van der Waals surface area (Å²) in [5, 5.41) is 3.67. The van der Waals surface area contributed by atoms with Gasteiger partial charge in [-0.3, -0.25) is 9.59 Å². The van der Waals surface area contributed by atoms with E-state index in [1.54, 1.807) is 11.3 Å². The molecule has 0 radical (unpaired) electrons. The van der Waals surface area contributed by atoms with Crippen molar-refractivity contribution < 1.29 is 9.59 Å². The second kappa shape index (κ2) is 4.88. The highest BCUT2D eigenvalue weighted by molar-refractivity contribution is 7.15. The number of fused-ring (bicyclic) bond motifs is 3. The first-order valence-corrected chi connectivity index (χ1v) is 9.49. The molecule has 3 unspecified atom stereocenters. The van der Waals surface area contributed by atoms with Crippen molar-refractivity contribution in [3.8, 4) is 0 Å². The number of nitrogens with one attached hydrogen (secondary N) is 1. The fourth-order valence-electron chi connectivity index (χ4n) is 4.79. The molecule has 1 heterocycles. The van der Waals surface area contributed by atoms with Crippen LogP contribution in [0.4, 0.5) is 5.13 Å². The predicted molar refractivity (Wildman–Crippen MR) is 90.5 cm³/mol. The maximum Gasteiger partial charge on any atom is 0.239 e. The molecular formula is C18H24N2O2S. The number of carbonyl (C=O) groups excluding carboxylic acids is 2. The fourth-order valence-corrected chi connectivity index (χ4v) is 5.96. The number of amides is 1. The predicted octanol–water partition coefficient (Wildman–Crippen LogP) is 3.60. The van der Waals surface area contributed by atoms with Crippen LogP contribution >= 0.6 is 11.3 Å². The van der Waals surface area contributed by atoms with E-state index in [0.717, 1.165) is 25.0 Å². The summed E-state index contributed by atoms with van der Waals surface area (Å²) in [5.74, 6) is 1.06. The van der Waals surface area contributed by atoms with Crippen LogP contribution in [0.15, 0.2) is 0 Å². The molecule has 23 heavy (non-hydrogen) atoms. The van der Waals surface area contributed by atoms with E-state index in [4.69, 9.17) is 0 Å². The third kappa shape index (κ3) is 2.12. The normalized spacial score (nSPS) is 34.5. The van der Waals surface area contributed by atoms with Gasteiger partial charge in [0.1, 0.15) is 5.41 Å². The summed E-state index contributed by atoms with van der Waals surface area (Å²) in [7, 11) is 0. The van der Waals surface area contributed by atoms with Crippen LogP contribution in [0.3, 0.4) is 0 Å². The molecule has 4 nitrogen and oxygen atoms in total. The monoisotopic (exact) mass is 332 g/mol. The van der Waals surface area contributed by atoms with Gasteiger partial charge in [-0.2, -0.15) is 0 Å². The molecule has 2 fully saturated rings. The summed E-state index contributed by atoms with van der Waals surface area (Å²) in [6.45, 7) is 6.26. The van der Waals surface area contributed by atoms with Gasteiger partial charge in [-0.05, 0) is 50.4 Å². The first-order chi connectivity index (χ1) is 10.8. The van der Waals surface area contributed by atoms with Crippen molar-refractivity contribution in [1.82, 2.24) is 4.98 Å². The Bertz CT molecular complexity index is 693. The van der Waals surface area contributed by atoms with Crippen LogP contribution in [0.5, 0.6) is 0 Å². The fraction of sp³-hybridized carbons (Fsp3) is 0.722. The maximum absolute atomic E-state index is 12.9. The van der Waals surface area contributed by atoms with E-state index in [-0.39, 0.29) is 17.1 Å². The smallest absolute Gasteiger partial charge is 0.239 e. The van der Waals surface area contributed by atoms with Gasteiger partial charge in [0.2, 0.25) is 5.91 Å². The molecule has 0 aromatic carbocycles. The molecule has 0 aliphatic heterocycles. The van der Waals surface area contributed by atoms with Crippen molar-refractivity contribution in [3.63, 3.8) is 0 Å². The van der Waals surface area contributed by atoms with Crippen LogP contribution in [0.1, 0.15) is 57.0 Å². The van der Waals surface area contributed by atoms with Gasteiger partial charge in [-0.1, -0.05) is 20.8 Å². The van der Waals surface area contributed by atoms with Crippen LogP contribution in [0, 0.1) is 22.7 Å². The number of nitrogens with zero attached hydrogens (tertiary/aromatic N) is 1. The molecule has 4 rings (SSSR count). The summed E-state index contributed by atoms with van der Waals surface area (Å²) < 4.78 is 0. The third-order valence-electron chi connectivity index (χ3n) is 6.40. The topological polar surface area (TPSA) is 59.1 Å². The number of hydrogen-bond donors (Lipinski definition) is 1. The lowest BCUT2D eigenvalue weighted by molar-refractivity contribution is -0.142. The lowest BCUT2D eigenvalue weighted by atomic mass is 9.70. The molecule has 0 spiro atoms. The first-order valence-electron chi connectivity index (χ1n) is 8.68. The number of thiazole rings is 1. The van der Waals surface area contributed by atoms with Crippen molar-refractivity contribution >= 4 is 28.2 Å². The molecule has 3 aliphatic rings. The third-order valence-corrected chi connectivity index (χ3v) is 7.43. The first kappa shape index (κ1) is 15.3. The van der Waals surface area contributed by atoms with Gasteiger partial charge in [0.15, 0.2) is 10.9 Å². The molecule has 2 bridgehead atoms. The number of anilines is 1. The molecule has 1 aromatic heterocycles. The van der Waals surface area contributed by atoms with E-state index in [2.05, 4.69) is 17.2 Å². The lowest BCUT2D eigenvalue weighted by Gasteiger charge is -2.32. The van der Waals surface area contributed by atoms with Gasteiger partial charge in [0.05, 0.1) is 5.69 Å². The van der Waals surface area contributed by atoms with Crippen molar-refractivity contribution in [2.75, 3.05) is 5.32 Å². The number of aromatic nitrogens is 1. The Kier molecular flexibility index (Phi) is 3.25. The molecule has 1 aromatic rings. The Balaban J connectivity index is 1.56. The Hall–Kier alpha value is -1.23. The van der Waals surface area contributed by atoms with E-state index < -0.39 is 5.41 Å². The van der Waals surface area contributed by atoms with E-state index >= 15 is 0 Å². The Labute approximate surface area is 141 Å². The average molecular weight is 332 g/mol. The number of Topliss-reactive ketones (excluding diaryl/α,β-unsaturated/α-hetero) is 1. The molecule has 3 aliphatic carbocycles. The van der Waals surface area contributed by atoms with Crippen LogP contribution < -0.4 is 5.32 Å². The maximum atomic E-state index is 12.9. The van der Waals surface area contributed by atoms with Crippen LogP contribution in [0.25, 0.3) is 0 Å². The van der Waals surface area contributed by atoms with Crippen molar-refractivity contribution in [2.45, 2.75) is 59.3 Å². The lowest BCUT2D eigenvalue weighted by Crippen LogP contribution is -2.44. The number of aryl methyl sites for hydroxylation is 1. The largest absolute Gasteiger partial charge is 0.301 e. The quantitative estimate of drug-likeness (QED) is 0.842. The summed E-state index contributed by atoms with van der Waals surface area (Å²) >= 11 is 1.60. The summed E-state index contributed by atoms with van der Waals surface area (Å²) in [6, 6.07) is 0. The Morgan fingerprint density at radius 1 is 1.35 bits per heavy atom. The summed E-state index contributed by atoms with van der Waals surface area (Å²) in [5.41, 5.74) is -0.0101. The standard InChI is InChI=1S/C18H24N2O2S/c1-10-4-5-12-13(8-10)23-16(19-12)20-15(22)18-7-6-11(9-18)17(2,3)14(18)21/h10-11H,4-9H2,1-3H3,(H,19,20,22). The van der Waals surface area contributed by atoms with E-state index in [9.17, 15) is 9.59 Å². The summed E-state index contributed by atoms with van der Waals surface area (Å²) in [6.07, 6.45) is 5.63.